The van der Waals surface area contributed by atoms with Crippen molar-refractivity contribution in [1.82, 2.24) is 40.1 Å². The van der Waals surface area contributed by atoms with E-state index in [2.05, 4.69) is 30.7 Å². The first-order chi connectivity index (χ1) is 24.7. The molecule has 0 saturated carbocycles. The zero-order valence-corrected chi connectivity index (χ0v) is 30.3. The number of aliphatic hydroxyl groups is 1. The van der Waals surface area contributed by atoms with Gasteiger partial charge in [-0.15, -0.1) is 14.9 Å². The summed E-state index contributed by atoms with van der Waals surface area (Å²) in [5, 5.41) is 32.6. The van der Waals surface area contributed by atoms with Gasteiger partial charge in [0, 0.05) is 41.3 Å². The summed E-state index contributed by atoms with van der Waals surface area (Å²) in [5.74, 6) is -1.84. The van der Waals surface area contributed by atoms with Crippen LogP contribution in [0.25, 0.3) is 5.82 Å². The number of amides is 1. The van der Waals surface area contributed by atoms with Crippen molar-refractivity contribution in [1.29, 1.82) is 0 Å². The van der Waals surface area contributed by atoms with Crippen molar-refractivity contribution in [3.8, 4) is 5.82 Å². The Balaban J connectivity index is 1.35. The van der Waals surface area contributed by atoms with E-state index in [9.17, 15) is 19.1 Å². The molecule has 2 N–H and O–H groups in total. The highest BCUT2D eigenvalue weighted by atomic mass is 35.5. The number of thioether (sulfide) groups is 1. The predicted molar refractivity (Wildman–Crippen MR) is 184 cm³/mol. The molecule has 0 radical (unpaired) electrons. The lowest BCUT2D eigenvalue weighted by molar-refractivity contribution is -0.753. The molecule has 15 nitrogen and oxygen atoms in total. The van der Waals surface area contributed by atoms with Crippen molar-refractivity contribution in [3.63, 3.8) is 0 Å². The maximum atomic E-state index is 15.4. The quantitative estimate of drug-likeness (QED) is 0.0952. The number of hydrogen-bond acceptors (Lipinski definition) is 12. The number of anilines is 1. The van der Waals surface area contributed by atoms with E-state index in [1.807, 2.05) is 0 Å². The number of hydrogen-bond donors (Lipinski definition) is 2. The Kier molecular flexibility index (Phi) is 11.8. The van der Waals surface area contributed by atoms with Gasteiger partial charge in [0.25, 0.3) is 6.33 Å². The minimum absolute atomic E-state index is 0.000780. The van der Waals surface area contributed by atoms with Crippen LogP contribution in [0.2, 0.25) is 5.02 Å². The van der Waals surface area contributed by atoms with E-state index in [0.717, 1.165) is 17.8 Å². The monoisotopic (exact) mass is 757 g/mol. The maximum absolute atomic E-state index is 15.4. The molecule has 0 aliphatic carbocycles. The highest BCUT2D eigenvalue weighted by Crippen LogP contribution is 2.47. The third kappa shape index (κ3) is 8.52. The normalized spacial score (nSPS) is 13.3. The number of nitrogens with one attached hydrogen (secondary N) is 1. The second kappa shape index (κ2) is 16.1. The Morgan fingerprint density at radius 1 is 1.15 bits per heavy atom. The van der Waals surface area contributed by atoms with Crippen molar-refractivity contribution in [2.45, 2.75) is 55.5 Å². The summed E-state index contributed by atoms with van der Waals surface area (Å²) in [6.45, 7) is 4.52. The van der Waals surface area contributed by atoms with Gasteiger partial charge in [0.05, 0.1) is 17.0 Å². The molecule has 2 aromatic carbocycles. The van der Waals surface area contributed by atoms with Crippen LogP contribution in [-0.2, 0) is 33.0 Å². The van der Waals surface area contributed by atoms with Crippen LogP contribution in [0.15, 0.2) is 78.9 Å². The van der Waals surface area contributed by atoms with Crippen molar-refractivity contribution in [2.24, 2.45) is 0 Å². The van der Waals surface area contributed by atoms with Crippen LogP contribution in [0.4, 0.5) is 19.3 Å². The highest BCUT2D eigenvalue weighted by Gasteiger charge is 2.50. The zero-order chi connectivity index (χ0) is 37.6. The first-order valence-electron chi connectivity index (χ1n) is 15.7. The molecule has 52 heavy (non-hydrogen) atoms. The maximum Gasteiger partial charge on any atom is 0.416 e. The molecule has 5 aromatic rings. The average molecular weight is 758 g/mol. The van der Waals surface area contributed by atoms with Gasteiger partial charge in [-0.3, -0.25) is 9.69 Å². The van der Waals surface area contributed by atoms with E-state index in [0.29, 0.717) is 33.2 Å². The molecule has 1 amide bonds. The molecule has 2 unspecified atom stereocenters. The first kappa shape index (κ1) is 38.2. The van der Waals surface area contributed by atoms with Gasteiger partial charge >= 0.3 is 12.1 Å². The predicted octanol–water partition coefficient (Wildman–Crippen LogP) is 3.99. The molecule has 0 bridgehead atoms. The molecule has 5 rings (SSSR count). The molecule has 274 valence electrons. The lowest BCUT2D eigenvalue weighted by atomic mass is 9.82. The third-order valence-corrected chi connectivity index (χ3v) is 9.75. The number of aromatic nitrogens is 8. The van der Waals surface area contributed by atoms with Crippen molar-refractivity contribution in [3.05, 3.63) is 102 Å². The summed E-state index contributed by atoms with van der Waals surface area (Å²) in [6, 6.07) is 11.2. The van der Waals surface area contributed by atoms with Crippen molar-refractivity contribution >= 4 is 41.1 Å². The second-order valence-corrected chi connectivity index (χ2v) is 14.1. The fourth-order valence-electron chi connectivity index (χ4n) is 5.17. The van der Waals surface area contributed by atoms with Gasteiger partial charge in [-0.2, -0.15) is 9.67 Å². The fourth-order valence-corrected chi connectivity index (χ4v) is 6.47. The van der Waals surface area contributed by atoms with Crippen LogP contribution in [0, 0.1) is 11.6 Å². The van der Waals surface area contributed by atoms with Crippen LogP contribution in [-0.4, -0.2) is 77.3 Å². The lowest BCUT2D eigenvalue weighted by Gasteiger charge is -2.40. The third-order valence-electron chi connectivity index (χ3n) is 8.12. The number of halogens is 3. The van der Waals surface area contributed by atoms with E-state index >= 15 is 4.39 Å². The molecule has 0 fully saturated rings. The summed E-state index contributed by atoms with van der Waals surface area (Å²) in [6.07, 6.45) is 4.02. The topological polar surface area (TPSA) is 166 Å². The second-order valence-electron chi connectivity index (χ2n) is 12.0. The lowest BCUT2D eigenvalue weighted by Crippen LogP contribution is -2.49. The van der Waals surface area contributed by atoms with E-state index in [-0.39, 0.29) is 25.3 Å². The highest BCUT2D eigenvalue weighted by molar-refractivity contribution is 8.00. The number of nitrogens with zero attached hydrogens (tertiary/aromatic N) is 9. The number of likely N-dealkylation sites (N-methyl/N-ethyl adjacent to an activating group) is 1. The standard InChI is InChI=1S/C33H36ClF2N10O5S/c1-21(51-31(48)43(5)27-8-6-7-25(34)23(27)15-50-30(47)14-37-4)44-19-40-45(20-44)16-33(49,24-10-9-22(35)13-26(24)36)32(2,3)52-29-12-11-28(41-42-29)46-18-38-17-39-46/h6-13,17-21,37,49H,14-16H2,1-5H3/q+1. The molecule has 19 heteroatoms. The number of carbonyl (C=O) groups excluding carboxylic acids is 2. The molecule has 2 atom stereocenters. The van der Waals surface area contributed by atoms with Gasteiger partial charge in [0.2, 0.25) is 12.6 Å². The van der Waals surface area contributed by atoms with E-state index < -0.39 is 40.3 Å². The smallest absolute Gasteiger partial charge is 0.416 e. The van der Waals surface area contributed by atoms with Gasteiger partial charge in [0.15, 0.2) is 5.82 Å². The van der Waals surface area contributed by atoms with Crippen LogP contribution >= 0.6 is 23.4 Å². The molecule has 0 aliphatic heterocycles. The Hall–Kier alpha value is -5.04. The molecule has 0 saturated heterocycles. The van der Waals surface area contributed by atoms with Gasteiger partial charge in [-0.05, 0) is 51.2 Å². The number of carbonyl (C=O) groups is 2. The Morgan fingerprint density at radius 2 is 1.94 bits per heavy atom. The molecular formula is C33H36ClF2N10O5S+. The number of ether oxygens (including phenoxy) is 2. The van der Waals surface area contributed by atoms with E-state index in [1.165, 1.54) is 57.3 Å². The van der Waals surface area contributed by atoms with Crippen LogP contribution in [0.3, 0.4) is 0 Å². The van der Waals surface area contributed by atoms with Crippen molar-refractivity contribution in [2.75, 3.05) is 25.5 Å². The minimum Gasteiger partial charge on any atom is -0.460 e. The Bertz CT molecular complexity index is 2020. The largest absolute Gasteiger partial charge is 0.460 e. The van der Waals surface area contributed by atoms with E-state index in [4.69, 9.17) is 21.1 Å². The fraction of sp³-hybridized carbons (Fsp3) is 0.333. The number of esters is 1. The summed E-state index contributed by atoms with van der Waals surface area (Å²) in [4.78, 5) is 30.3. The first-order valence-corrected chi connectivity index (χ1v) is 16.9. The number of rotatable bonds is 14. The molecule has 3 heterocycles. The Morgan fingerprint density at radius 3 is 2.62 bits per heavy atom. The Labute approximate surface area is 306 Å². The molecule has 0 aliphatic rings. The zero-order valence-electron chi connectivity index (χ0n) is 28.8. The van der Waals surface area contributed by atoms with Gasteiger partial charge in [-0.25, -0.2) is 23.2 Å². The van der Waals surface area contributed by atoms with Crippen molar-refractivity contribution < 1.29 is 37.5 Å². The summed E-state index contributed by atoms with van der Waals surface area (Å²) < 4.78 is 43.4. The van der Waals surface area contributed by atoms with Crippen LogP contribution < -0.4 is 14.8 Å². The average Bonchev–Trinajstić information content (AvgIpc) is 3.81. The summed E-state index contributed by atoms with van der Waals surface area (Å²) >= 11 is 7.51. The summed E-state index contributed by atoms with van der Waals surface area (Å²) in [7, 11) is 3.09. The van der Waals surface area contributed by atoms with Crippen LogP contribution in [0.5, 0.6) is 0 Å². The molecule has 3 aromatic heterocycles. The van der Waals surface area contributed by atoms with E-state index in [1.54, 1.807) is 58.2 Å². The van der Waals surface area contributed by atoms with Gasteiger partial charge in [0.1, 0.15) is 48.1 Å². The SMILES string of the molecule is CNCC(=O)OCc1c(Cl)cccc1N(C)C(=O)OC(C)[n+]1cnn(CC(O)(c2ccc(F)cc2F)C(C)(C)Sc2ccc(-n3cncn3)nn2)c1. The van der Waals surface area contributed by atoms with Gasteiger partial charge < -0.3 is 19.9 Å². The number of benzene rings is 2. The van der Waals surface area contributed by atoms with Gasteiger partial charge in [-0.1, -0.05) is 35.5 Å². The van der Waals surface area contributed by atoms with Crippen LogP contribution in [0.1, 0.15) is 38.1 Å². The molecule has 0 spiro atoms. The molecular weight excluding hydrogens is 722 g/mol. The minimum atomic E-state index is -2.01. The summed E-state index contributed by atoms with van der Waals surface area (Å²) in [5.41, 5.74) is -1.40.